The van der Waals surface area contributed by atoms with Crippen LogP contribution >= 0.6 is 22.6 Å². The summed E-state index contributed by atoms with van der Waals surface area (Å²) in [6, 6.07) is 0. The summed E-state index contributed by atoms with van der Waals surface area (Å²) in [5.74, 6) is -3.40. The van der Waals surface area contributed by atoms with Crippen molar-refractivity contribution in [2.45, 2.75) is 44.4 Å². The van der Waals surface area contributed by atoms with E-state index in [1.807, 2.05) is 6.92 Å². The van der Waals surface area contributed by atoms with Crippen molar-refractivity contribution in [3.63, 3.8) is 0 Å². The molecule has 1 aliphatic rings. The van der Waals surface area contributed by atoms with Crippen molar-refractivity contribution in [2.75, 3.05) is 18.5 Å². The van der Waals surface area contributed by atoms with Crippen LogP contribution in [0.5, 0.6) is 0 Å². The monoisotopic (exact) mass is 473 g/mol. The third-order valence-corrected chi connectivity index (χ3v) is 4.29. The van der Waals surface area contributed by atoms with E-state index in [0.29, 0.717) is 11.0 Å². The fourth-order valence-corrected chi connectivity index (χ4v) is 2.81. The van der Waals surface area contributed by atoms with Gasteiger partial charge >= 0.3 is 11.8 Å². The second-order valence-corrected chi connectivity index (χ2v) is 6.66. The molecule has 1 aliphatic heterocycles. The van der Waals surface area contributed by atoms with Gasteiger partial charge in [-0.2, -0.15) is 4.98 Å². The van der Waals surface area contributed by atoms with Gasteiger partial charge in [-0.15, -0.1) is 0 Å². The van der Waals surface area contributed by atoms with E-state index < -0.39 is 43.1 Å². The lowest BCUT2D eigenvalue weighted by Crippen LogP contribution is -2.36. The van der Waals surface area contributed by atoms with Gasteiger partial charge in [0.05, 0.1) is 22.9 Å². The highest BCUT2D eigenvalue weighted by Crippen LogP contribution is 2.41. The Balaban J connectivity index is 2.17. The molecular weight excluding hydrogens is 455 g/mol. The van der Waals surface area contributed by atoms with Gasteiger partial charge < -0.3 is 14.6 Å². The molecule has 0 aliphatic carbocycles. The number of rotatable bonds is 6. The Labute approximate surface area is 155 Å². The Bertz CT molecular complexity index is 685. The van der Waals surface area contributed by atoms with Crippen molar-refractivity contribution in [1.29, 1.82) is 0 Å². The average molecular weight is 473 g/mol. The number of unbranched alkanes of at least 4 members (excludes halogenated alkanes) is 1. The lowest BCUT2D eigenvalue weighted by Gasteiger charge is -2.20. The number of anilines is 1. The fraction of sp³-hybridized carbons (Fsp3) is 0.643. The number of carbonyl (C=O) groups excluding carboxylic acids is 1. The molecule has 0 radical (unpaired) electrons. The second-order valence-electron chi connectivity index (χ2n) is 5.50. The lowest BCUT2D eigenvalue weighted by atomic mass is 10.2. The van der Waals surface area contributed by atoms with E-state index in [1.165, 1.54) is 0 Å². The molecule has 1 amide bonds. The molecule has 2 rings (SSSR count). The van der Waals surface area contributed by atoms with Crippen LogP contribution in [0.25, 0.3) is 0 Å². The van der Waals surface area contributed by atoms with Gasteiger partial charge in [0.2, 0.25) is 6.23 Å². The molecule has 1 saturated heterocycles. The minimum atomic E-state index is -3.32. The Morgan fingerprint density at radius 1 is 1.64 bits per heavy atom. The number of nitrogens with one attached hydrogen (secondary N) is 1. The molecule has 0 saturated carbocycles. The van der Waals surface area contributed by atoms with Crippen LogP contribution in [0.15, 0.2) is 11.0 Å². The maximum Gasteiger partial charge on any atom is 0.412 e. The van der Waals surface area contributed by atoms with E-state index in [4.69, 9.17) is 14.6 Å². The van der Waals surface area contributed by atoms with E-state index in [1.54, 1.807) is 22.6 Å². The van der Waals surface area contributed by atoms with Gasteiger partial charge in [0.25, 0.3) is 5.92 Å². The summed E-state index contributed by atoms with van der Waals surface area (Å²) in [6.07, 6.45) is -1.72. The zero-order chi connectivity index (χ0) is 18.6. The number of ether oxygens (including phenoxy) is 2. The molecule has 1 fully saturated rings. The number of aliphatic hydroxyl groups is 1. The van der Waals surface area contributed by atoms with Gasteiger partial charge in [0.15, 0.2) is 5.82 Å². The number of hydrogen-bond acceptors (Lipinski definition) is 6. The van der Waals surface area contributed by atoms with Gasteiger partial charge in [-0.3, -0.25) is 9.88 Å². The van der Waals surface area contributed by atoms with Gasteiger partial charge in [-0.05, 0) is 29.0 Å². The molecular formula is C14H18F2IN3O5. The molecule has 1 aromatic heterocycles. The van der Waals surface area contributed by atoms with Crippen LogP contribution in [0.4, 0.5) is 19.4 Å². The fourth-order valence-electron chi connectivity index (χ4n) is 2.25. The molecule has 0 spiro atoms. The van der Waals surface area contributed by atoms with Crippen molar-refractivity contribution in [3.05, 3.63) is 20.3 Å². The van der Waals surface area contributed by atoms with Gasteiger partial charge in [-0.25, -0.2) is 18.4 Å². The van der Waals surface area contributed by atoms with Crippen LogP contribution in [-0.4, -0.2) is 46.0 Å². The molecule has 25 heavy (non-hydrogen) atoms. The minimum absolute atomic E-state index is 0.0802. The van der Waals surface area contributed by atoms with Crippen molar-refractivity contribution in [1.82, 2.24) is 9.55 Å². The zero-order valence-electron chi connectivity index (χ0n) is 13.4. The first-order valence-electron chi connectivity index (χ1n) is 7.65. The first-order chi connectivity index (χ1) is 11.8. The Hall–Kier alpha value is -1.34. The summed E-state index contributed by atoms with van der Waals surface area (Å²) < 4.78 is 38.9. The number of halogens is 3. The average Bonchev–Trinajstić information content (AvgIpc) is 2.85. The molecule has 8 nitrogen and oxygen atoms in total. The topological polar surface area (TPSA) is 103 Å². The maximum atomic E-state index is 14.0. The number of aromatic nitrogens is 2. The van der Waals surface area contributed by atoms with Crippen molar-refractivity contribution >= 4 is 34.5 Å². The van der Waals surface area contributed by atoms with Crippen LogP contribution < -0.4 is 11.0 Å². The molecule has 0 unspecified atom stereocenters. The summed E-state index contributed by atoms with van der Waals surface area (Å²) in [5.41, 5.74) is -1.01. The number of amides is 1. The Kier molecular flexibility index (Phi) is 6.68. The summed E-state index contributed by atoms with van der Waals surface area (Å²) in [6.45, 7) is 1.59. The smallest absolute Gasteiger partial charge is 0.412 e. The Morgan fingerprint density at radius 3 is 2.96 bits per heavy atom. The molecule has 140 valence electrons. The lowest BCUT2D eigenvalue weighted by molar-refractivity contribution is -0.120. The third kappa shape index (κ3) is 4.85. The van der Waals surface area contributed by atoms with Crippen LogP contribution in [0.1, 0.15) is 32.4 Å². The number of alkyl halides is 2. The highest BCUT2D eigenvalue weighted by Gasteiger charge is 2.51. The molecule has 2 atom stereocenters. The van der Waals surface area contributed by atoms with Crippen LogP contribution in [0.2, 0.25) is 0 Å². The normalized spacial score (nSPS) is 22.0. The molecule has 0 bridgehead atoms. The molecule has 11 heteroatoms. The van der Waals surface area contributed by atoms with E-state index in [2.05, 4.69) is 10.3 Å². The first-order valence-corrected chi connectivity index (χ1v) is 8.73. The summed E-state index contributed by atoms with van der Waals surface area (Å²) in [4.78, 5) is 27.3. The highest BCUT2D eigenvalue weighted by molar-refractivity contribution is 14.1. The minimum Gasteiger partial charge on any atom is -0.449 e. The summed E-state index contributed by atoms with van der Waals surface area (Å²) in [5, 5.41) is 11.3. The van der Waals surface area contributed by atoms with Crippen molar-refractivity contribution < 1.29 is 28.2 Å². The van der Waals surface area contributed by atoms with Crippen molar-refractivity contribution in [2.24, 2.45) is 0 Å². The molecule has 0 aromatic carbocycles. The third-order valence-electron chi connectivity index (χ3n) is 3.50. The zero-order valence-corrected chi connectivity index (χ0v) is 15.5. The highest BCUT2D eigenvalue weighted by atomic mass is 127. The van der Waals surface area contributed by atoms with Crippen LogP contribution in [0.3, 0.4) is 0 Å². The SMILES string of the molecule is CCCCOC(=O)Nc1nc(=O)n([C@@H]2O[C@H](CO)CC2(F)F)cc1I. The van der Waals surface area contributed by atoms with E-state index in [9.17, 15) is 18.4 Å². The quantitative estimate of drug-likeness (QED) is 0.485. The second kappa shape index (κ2) is 8.36. The van der Waals surface area contributed by atoms with Crippen LogP contribution in [0, 0.1) is 3.57 Å². The van der Waals surface area contributed by atoms with Crippen molar-refractivity contribution in [3.8, 4) is 0 Å². The largest absolute Gasteiger partial charge is 0.449 e. The van der Waals surface area contributed by atoms with Gasteiger partial charge in [0.1, 0.15) is 0 Å². The predicted octanol–water partition coefficient (Wildman–Crippen LogP) is 2.11. The van der Waals surface area contributed by atoms with E-state index in [-0.39, 0.29) is 16.0 Å². The van der Waals surface area contributed by atoms with Gasteiger partial charge in [0, 0.05) is 12.6 Å². The van der Waals surface area contributed by atoms with Crippen LogP contribution in [-0.2, 0) is 9.47 Å². The molecule has 2 N–H and O–H groups in total. The molecule has 1 aromatic rings. The number of aliphatic hydroxyl groups excluding tert-OH is 1. The van der Waals surface area contributed by atoms with E-state index in [0.717, 1.165) is 12.6 Å². The van der Waals surface area contributed by atoms with Gasteiger partial charge in [-0.1, -0.05) is 13.3 Å². The molecule has 2 heterocycles. The van der Waals surface area contributed by atoms with E-state index >= 15 is 0 Å². The predicted molar refractivity (Wildman–Crippen MR) is 91.7 cm³/mol. The Morgan fingerprint density at radius 2 is 2.36 bits per heavy atom. The summed E-state index contributed by atoms with van der Waals surface area (Å²) in [7, 11) is 0. The maximum absolute atomic E-state index is 14.0. The number of hydrogen-bond donors (Lipinski definition) is 2. The summed E-state index contributed by atoms with van der Waals surface area (Å²) >= 11 is 1.75. The standard InChI is InChI=1S/C14H18F2IN3O5/c1-2-3-4-24-13(23)19-10-9(17)6-20(12(22)18-10)11-14(15,16)5-8(7-21)25-11/h6,8,11,21H,2-5,7H2,1H3,(H,18,19,22,23)/t8-,11+/m0/s1. The number of nitrogens with zero attached hydrogens (tertiary/aromatic N) is 2. The first kappa shape index (κ1) is 20.0. The number of carbonyl (C=O) groups is 1.